The monoisotopic (exact) mass is 396 g/mol. The number of methoxy groups -OCH3 is 2. The lowest BCUT2D eigenvalue weighted by molar-refractivity contribution is -0.142. The molecule has 0 heterocycles. The molecule has 0 radical (unpaired) electrons. The molecule has 3 N–H and O–H groups in total. The van der Waals surface area contributed by atoms with Crippen LogP contribution in [0.2, 0.25) is 0 Å². The largest absolute Gasteiger partial charge is 0.494 e. The summed E-state index contributed by atoms with van der Waals surface area (Å²) in [7, 11) is 2.58. The van der Waals surface area contributed by atoms with Crippen LogP contribution in [0.5, 0.6) is 5.75 Å². The van der Waals surface area contributed by atoms with Gasteiger partial charge in [-0.1, -0.05) is 6.07 Å². The van der Waals surface area contributed by atoms with E-state index in [2.05, 4.69) is 15.4 Å². The molecular weight excluding hydrogens is 371 g/mol. The number of aliphatic hydroxyl groups excluding tert-OH is 1. The Kier molecular flexibility index (Phi) is 7.74. The van der Waals surface area contributed by atoms with Crippen LogP contribution in [0.25, 0.3) is 0 Å². The summed E-state index contributed by atoms with van der Waals surface area (Å²) in [5.74, 6) is -2.17. The number of carbonyl (C=O) groups excluding carboxylic acids is 3. The molecule has 9 heteroatoms. The lowest BCUT2D eigenvalue weighted by Crippen LogP contribution is -2.50. The number of hydrogen-bond donors (Lipinski definition) is 3. The maximum atomic E-state index is 13.7. The van der Waals surface area contributed by atoms with Crippen molar-refractivity contribution < 1.29 is 33.4 Å². The van der Waals surface area contributed by atoms with Crippen LogP contribution in [0, 0.1) is 11.7 Å². The van der Waals surface area contributed by atoms with E-state index in [1.807, 2.05) is 0 Å². The Morgan fingerprint density at radius 2 is 2.00 bits per heavy atom. The van der Waals surface area contributed by atoms with Crippen LogP contribution >= 0.6 is 0 Å². The van der Waals surface area contributed by atoms with Crippen LogP contribution in [-0.2, 0) is 25.5 Å². The Bertz CT molecular complexity index is 726. The molecule has 1 aromatic rings. The summed E-state index contributed by atoms with van der Waals surface area (Å²) in [5, 5.41) is 15.4. The van der Waals surface area contributed by atoms with Gasteiger partial charge >= 0.3 is 5.97 Å². The molecule has 8 nitrogen and oxygen atoms in total. The Hall–Kier alpha value is -2.68. The van der Waals surface area contributed by atoms with E-state index in [1.54, 1.807) is 6.07 Å². The quantitative estimate of drug-likeness (QED) is 0.572. The van der Waals surface area contributed by atoms with Gasteiger partial charge in [0.05, 0.1) is 32.8 Å². The van der Waals surface area contributed by atoms with Gasteiger partial charge in [-0.05, 0) is 37.0 Å². The highest BCUT2D eigenvalue weighted by Gasteiger charge is 2.33. The van der Waals surface area contributed by atoms with Gasteiger partial charge in [-0.3, -0.25) is 14.4 Å². The summed E-state index contributed by atoms with van der Waals surface area (Å²) in [6.45, 7) is -0.228. The Morgan fingerprint density at radius 3 is 2.64 bits per heavy atom. The van der Waals surface area contributed by atoms with E-state index in [1.165, 1.54) is 26.4 Å². The third kappa shape index (κ3) is 5.91. The van der Waals surface area contributed by atoms with Gasteiger partial charge in [-0.25, -0.2) is 4.39 Å². The van der Waals surface area contributed by atoms with Crippen molar-refractivity contribution in [3.05, 3.63) is 29.6 Å². The molecule has 1 aliphatic rings. The van der Waals surface area contributed by atoms with Crippen molar-refractivity contribution in [3.63, 3.8) is 0 Å². The molecule has 28 heavy (non-hydrogen) atoms. The van der Waals surface area contributed by atoms with Gasteiger partial charge in [-0.15, -0.1) is 0 Å². The molecular formula is C19H25FN2O6. The van der Waals surface area contributed by atoms with Crippen LogP contribution < -0.4 is 15.4 Å². The molecule has 0 saturated heterocycles. The third-order valence-electron chi connectivity index (χ3n) is 4.75. The van der Waals surface area contributed by atoms with Crippen LogP contribution in [0.3, 0.4) is 0 Å². The minimum absolute atomic E-state index is 0.0661. The van der Waals surface area contributed by atoms with Crippen molar-refractivity contribution in [2.45, 2.75) is 37.8 Å². The van der Waals surface area contributed by atoms with E-state index in [0.29, 0.717) is 18.4 Å². The molecule has 154 valence electrons. The number of aliphatic hydroxyl groups is 1. The molecule has 0 aliphatic heterocycles. The van der Waals surface area contributed by atoms with E-state index < -0.39 is 29.9 Å². The molecule has 2 amide bonds. The van der Waals surface area contributed by atoms with Gasteiger partial charge in [-0.2, -0.15) is 0 Å². The number of hydrogen-bond acceptors (Lipinski definition) is 6. The van der Waals surface area contributed by atoms with E-state index >= 15 is 0 Å². The molecule has 1 saturated carbocycles. The lowest BCUT2D eigenvalue weighted by Gasteiger charge is -2.33. The summed E-state index contributed by atoms with van der Waals surface area (Å²) in [6, 6.07) is 3.65. The number of nitrogens with one attached hydrogen (secondary N) is 2. The highest BCUT2D eigenvalue weighted by Crippen LogP contribution is 2.25. The maximum absolute atomic E-state index is 13.7. The summed E-state index contributed by atoms with van der Waals surface area (Å²) in [6.07, 6.45) is 0.198. The fourth-order valence-electron chi connectivity index (χ4n) is 3.19. The van der Waals surface area contributed by atoms with Gasteiger partial charge in [0.25, 0.3) is 0 Å². The molecule has 2 rings (SSSR count). The van der Waals surface area contributed by atoms with Crippen molar-refractivity contribution in [1.82, 2.24) is 10.6 Å². The number of carbonyl (C=O) groups is 3. The van der Waals surface area contributed by atoms with Crippen molar-refractivity contribution in [1.29, 1.82) is 0 Å². The molecule has 0 bridgehead atoms. The van der Waals surface area contributed by atoms with E-state index in [-0.39, 0.29) is 37.0 Å². The van der Waals surface area contributed by atoms with Crippen molar-refractivity contribution in [2.75, 3.05) is 20.8 Å². The smallest absolute Gasteiger partial charge is 0.325 e. The first-order valence-corrected chi connectivity index (χ1v) is 8.98. The van der Waals surface area contributed by atoms with Crippen molar-refractivity contribution in [2.24, 2.45) is 5.92 Å². The molecule has 1 aliphatic carbocycles. The van der Waals surface area contributed by atoms with Crippen molar-refractivity contribution in [3.8, 4) is 5.75 Å². The minimum Gasteiger partial charge on any atom is -0.494 e. The van der Waals surface area contributed by atoms with E-state index in [0.717, 1.165) is 0 Å². The third-order valence-corrected chi connectivity index (χ3v) is 4.75. The molecule has 1 aromatic carbocycles. The highest BCUT2D eigenvalue weighted by atomic mass is 19.1. The first-order valence-electron chi connectivity index (χ1n) is 8.98. The molecule has 0 aromatic heterocycles. The summed E-state index contributed by atoms with van der Waals surface area (Å²) in [4.78, 5) is 35.6. The second-order valence-corrected chi connectivity index (χ2v) is 6.69. The highest BCUT2D eigenvalue weighted by molar-refractivity contribution is 5.84. The van der Waals surface area contributed by atoms with Crippen LogP contribution in [-0.4, -0.2) is 55.8 Å². The Morgan fingerprint density at radius 1 is 1.25 bits per heavy atom. The summed E-state index contributed by atoms with van der Waals surface area (Å²) < 4.78 is 23.1. The zero-order valence-corrected chi connectivity index (χ0v) is 15.9. The Labute approximate surface area is 162 Å². The lowest BCUT2D eigenvalue weighted by atomic mass is 9.83. The average Bonchev–Trinajstić information content (AvgIpc) is 2.67. The van der Waals surface area contributed by atoms with Gasteiger partial charge in [0.15, 0.2) is 11.6 Å². The maximum Gasteiger partial charge on any atom is 0.325 e. The number of esters is 1. The number of amides is 2. The van der Waals surface area contributed by atoms with Crippen LogP contribution in [0.4, 0.5) is 4.39 Å². The molecule has 1 fully saturated rings. The predicted molar refractivity (Wildman–Crippen MR) is 97.0 cm³/mol. The molecule has 3 atom stereocenters. The second-order valence-electron chi connectivity index (χ2n) is 6.69. The van der Waals surface area contributed by atoms with Gasteiger partial charge in [0.1, 0.15) is 6.54 Å². The molecule has 0 spiro atoms. The first-order chi connectivity index (χ1) is 13.3. The standard InChI is InChI=1S/C19H25FN2O6/c1-27-16-6-3-11(7-13(16)20)8-17(24)22-14-9-12(4-5-15(14)23)19(26)21-10-18(25)28-2/h3,6-7,12,14-15,23H,4-5,8-10H2,1-2H3,(H,21,26)(H,22,24)/t12-,14+,15+/m0/s1. The predicted octanol–water partition coefficient (Wildman–Crippen LogP) is 0.312. The summed E-state index contributed by atoms with van der Waals surface area (Å²) in [5.41, 5.74) is 0.466. The first kappa shape index (κ1) is 21.6. The topological polar surface area (TPSA) is 114 Å². The van der Waals surface area contributed by atoms with Gasteiger partial charge < -0.3 is 25.2 Å². The SMILES string of the molecule is COC(=O)CNC(=O)[C@H]1CC[C@@H](O)[C@H](NC(=O)Cc2ccc(OC)c(F)c2)C1. The van der Waals surface area contributed by atoms with Crippen molar-refractivity contribution >= 4 is 17.8 Å². The fraction of sp³-hybridized carbons (Fsp3) is 0.526. The average molecular weight is 396 g/mol. The zero-order chi connectivity index (χ0) is 20.7. The van der Waals surface area contributed by atoms with Crippen LogP contribution in [0.15, 0.2) is 18.2 Å². The fourth-order valence-corrected chi connectivity index (χ4v) is 3.19. The number of halogens is 1. The second kappa shape index (κ2) is 10.0. The van der Waals surface area contributed by atoms with Crippen LogP contribution in [0.1, 0.15) is 24.8 Å². The minimum atomic E-state index is -0.777. The zero-order valence-electron chi connectivity index (χ0n) is 15.9. The number of ether oxygens (including phenoxy) is 2. The number of rotatable bonds is 7. The molecule has 0 unspecified atom stereocenters. The van der Waals surface area contributed by atoms with E-state index in [4.69, 9.17) is 4.74 Å². The van der Waals surface area contributed by atoms with E-state index in [9.17, 15) is 23.9 Å². The normalized spacial score (nSPS) is 21.5. The van der Waals surface area contributed by atoms with Gasteiger partial charge in [0, 0.05) is 5.92 Å². The number of benzene rings is 1. The van der Waals surface area contributed by atoms with Gasteiger partial charge in [0.2, 0.25) is 11.8 Å². The summed E-state index contributed by atoms with van der Waals surface area (Å²) >= 11 is 0. The Balaban J connectivity index is 1.90.